The molecule has 0 aliphatic carbocycles. The maximum atomic E-state index is 11.7. The van der Waals surface area contributed by atoms with E-state index in [9.17, 15) is 4.79 Å². The lowest BCUT2D eigenvalue weighted by Gasteiger charge is -2.12. The number of halogens is 1. The predicted molar refractivity (Wildman–Crippen MR) is 70.5 cm³/mol. The molecule has 0 N–H and O–H groups in total. The molecule has 18 heavy (non-hydrogen) atoms. The molecule has 0 bridgehead atoms. The van der Waals surface area contributed by atoms with Gasteiger partial charge in [0, 0.05) is 30.4 Å². The monoisotopic (exact) mass is 264 g/mol. The summed E-state index contributed by atoms with van der Waals surface area (Å²) >= 11 is 5.80. The lowest BCUT2D eigenvalue weighted by atomic mass is 10.2. The summed E-state index contributed by atoms with van der Waals surface area (Å²) in [6.07, 6.45) is 0. The molecule has 0 atom stereocenters. The fourth-order valence-electron chi connectivity index (χ4n) is 1.46. The normalized spacial score (nSPS) is 17.3. The Morgan fingerprint density at radius 3 is 2.44 bits per heavy atom. The lowest BCUT2D eigenvalue weighted by molar-refractivity contribution is -0.130. The summed E-state index contributed by atoms with van der Waals surface area (Å²) in [4.78, 5) is 17.8. The van der Waals surface area contributed by atoms with Gasteiger partial charge in [0.05, 0.1) is 0 Å². The third-order valence-electron chi connectivity index (χ3n) is 2.70. The number of esters is 1. The van der Waals surface area contributed by atoms with Gasteiger partial charge >= 0.3 is 5.97 Å². The van der Waals surface area contributed by atoms with Gasteiger partial charge in [-0.3, -0.25) is 0 Å². The first kappa shape index (κ1) is 12.6. The second kappa shape index (κ2) is 4.82. The van der Waals surface area contributed by atoms with Crippen LogP contribution < -0.4 is 0 Å². The molecule has 0 unspecified atom stereocenters. The van der Waals surface area contributed by atoms with Crippen LogP contribution in [0.3, 0.4) is 0 Å². The van der Waals surface area contributed by atoms with Crippen LogP contribution in [0.4, 0.5) is 0 Å². The van der Waals surface area contributed by atoms with Crippen LogP contribution in [-0.4, -0.2) is 30.9 Å². The molecular formula is C13H13ClN2O2. The Morgan fingerprint density at radius 2 is 1.89 bits per heavy atom. The molecular weight excluding hydrogens is 252 g/mol. The van der Waals surface area contributed by atoms with Gasteiger partial charge in [0.25, 0.3) is 0 Å². The van der Waals surface area contributed by atoms with Crippen molar-refractivity contribution < 1.29 is 9.53 Å². The van der Waals surface area contributed by atoms with E-state index < -0.39 is 5.97 Å². The molecule has 0 saturated carbocycles. The number of carbonyl (C=O) groups excluding carboxylic acids is 1. The van der Waals surface area contributed by atoms with Crippen LogP contribution in [0.5, 0.6) is 0 Å². The SMILES string of the molecule is C/C(=C1\N=C(c2ccc(Cl)cc2)OC1=O)N(C)C. The maximum absolute atomic E-state index is 11.7. The van der Waals surface area contributed by atoms with Crippen molar-refractivity contribution in [2.24, 2.45) is 4.99 Å². The largest absolute Gasteiger partial charge is 0.402 e. The molecule has 1 aromatic rings. The van der Waals surface area contributed by atoms with E-state index in [0.717, 1.165) is 11.3 Å². The number of rotatable bonds is 2. The first-order valence-corrected chi connectivity index (χ1v) is 5.82. The van der Waals surface area contributed by atoms with Crippen molar-refractivity contribution in [3.63, 3.8) is 0 Å². The summed E-state index contributed by atoms with van der Waals surface area (Å²) in [5.41, 5.74) is 1.84. The van der Waals surface area contributed by atoms with E-state index in [2.05, 4.69) is 4.99 Å². The summed E-state index contributed by atoms with van der Waals surface area (Å²) in [7, 11) is 3.71. The van der Waals surface area contributed by atoms with Gasteiger partial charge in [0.1, 0.15) is 0 Å². The van der Waals surface area contributed by atoms with Crippen molar-refractivity contribution in [2.75, 3.05) is 14.1 Å². The summed E-state index contributed by atoms with van der Waals surface area (Å²) in [6.45, 7) is 1.82. The fraction of sp³-hybridized carbons (Fsp3) is 0.231. The van der Waals surface area contributed by atoms with Crippen LogP contribution in [0, 0.1) is 0 Å². The van der Waals surface area contributed by atoms with E-state index in [-0.39, 0.29) is 0 Å². The van der Waals surface area contributed by atoms with Crippen LogP contribution in [0.15, 0.2) is 40.7 Å². The van der Waals surface area contributed by atoms with Gasteiger partial charge in [0.2, 0.25) is 5.90 Å². The quantitative estimate of drug-likeness (QED) is 0.609. The molecule has 0 aromatic heterocycles. The molecule has 5 heteroatoms. The maximum Gasteiger partial charge on any atom is 0.365 e. The van der Waals surface area contributed by atoms with Crippen molar-refractivity contribution >= 4 is 23.5 Å². The lowest BCUT2D eigenvalue weighted by Crippen LogP contribution is -2.13. The highest BCUT2D eigenvalue weighted by atomic mass is 35.5. The number of hydrogen-bond acceptors (Lipinski definition) is 4. The third kappa shape index (κ3) is 2.38. The summed E-state index contributed by atoms with van der Waals surface area (Å²) in [5.74, 6) is -0.112. The number of nitrogens with zero attached hydrogens (tertiary/aromatic N) is 2. The molecule has 0 spiro atoms. The topological polar surface area (TPSA) is 41.9 Å². The summed E-state index contributed by atoms with van der Waals surface area (Å²) < 4.78 is 5.15. The highest BCUT2D eigenvalue weighted by Gasteiger charge is 2.26. The number of hydrogen-bond donors (Lipinski definition) is 0. The number of allylic oxidation sites excluding steroid dienone is 1. The number of cyclic esters (lactones) is 1. The van der Waals surface area contributed by atoms with Crippen molar-refractivity contribution in [3.05, 3.63) is 46.2 Å². The average Bonchev–Trinajstić information content (AvgIpc) is 2.71. The van der Waals surface area contributed by atoms with Crippen molar-refractivity contribution in [1.29, 1.82) is 0 Å². The molecule has 0 saturated heterocycles. The van der Waals surface area contributed by atoms with Crippen LogP contribution in [0.1, 0.15) is 12.5 Å². The van der Waals surface area contributed by atoms with E-state index in [1.54, 1.807) is 24.3 Å². The van der Waals surface area contributed by atoms with Crippen LogP contribution in [0.25, 0.3) is 0 Å². The van der Waals surface area contributed by atoms with Gasteiger partial charge in [-0.1, -0.05) is 11.6 Å². The van der Waals surface area contributed by atoms with E-state index >= 15 is 0 Å². The molecule has 0 radical (unpaired) electrons. The van der Waals surface area contributed by atoms with Crippen molar-refractivity contribution in [2.45, 2.75) is 6.92 Å². The van der Waals surface area contributed by atoms with Crippen LogP contribution >= 0.6 is 11.6 Å². The van der Waals surface area contributed by atoms with E-state index in [1.165, 1.54) is 0 Å². The molecule has 1 aliphatic rings. The predicted octanol–water partition coefficient (Wildman–Crippen LogP) is 2.44. The molecule has 1 aromatic carbocycles. The van der Waals surface area contributed by atoms with Crippen LogP contribution in [0.2, 0.25) is 5.02 Å². The van der Waals surface area contributed by atoms with E-state index in [1.807, 2.05) is 25.9 Å². The zero-order valence-electron chi connectivity index (χ0n) is 10.4. The molecule has 0 amide bonds. The van der Waals surface area contributed by atoms with Gasteiger partial charge in [0.15, 0.2) is 5.70 Å². The number of ether oxygens (including phenoxy) is 1. The van der Waals surface area contributed by atoms with Gasteiger partial charge in [-0.05, 0) is 31.2 Å². The zero-order chi connectivity index (χ0) is 13.3. The Balaban J connectivity index is 2.38. The Kier molecular flexibility index (Phi) is 3.39. The molecule has 94 valence electrons. The van der Waals surface area contributed by atoms with Crippen LogP contribution in [-0.2, 0) is 9.53 Å². The second-order valence-electron chi connectivity index (χ2n) is 4.14. The Morgan fingerprint density at radius 1 is 1.28 bits per heavy atom. The number of benzene rings is 1. The molecule has 2 rings (SSSR count). The summed E-state index contributed by atoms with van der Waals surface area (Å²) in [6, 6.07) is 6.99. The van der Waals surface area contributed by atoms with Gasteiger partial charge in [-0.2, -0.15) is 0 Å². The second-order valence-corrected chi connectivity index (χ2v) is 4.58. The highest BCUT2D eigenvalue weighted by molar-refractivity contribution is 6.30. The van der Waals surface area contributed by atoms with Crippen molar-refractivity contribution in [1.82, 2.24) is 4.90 Å². The minimum absolute atomic E-state index is 0.313. The Hall–Kier alpha value is -1.81. The van der Waals surface area contributed by atoms with E-state index in [4.69, 9.17) is 16.3 Å². The Bertz CT molecular complexity index is 545. The molecule has 0 fully saturated rings. The summed E-state index contributed by atoms with van der Waals surface area (Å²) in [5, 5.41) is 0.629. The third-order valence-corrected chi connectivity index (χ3v) is 2.95. The number of aliphatic imine (C=N–C) groups is 1. The smallest absolute Gasteiger partial charge is 0.365 e. The van der Waals surface area contributed by atoms with Crippen molar-refractivity contribution in [3.8, 4) is 0 Å². The standard InChI is InChI=1S/C13H13ClN2O2/c1-8(16(2)3)11-13(17)18-12(15-11)9-4-6-10(14)7-5-9/h4-7H,1-3H3/b11-8+. The zero-order valence-corrected chi connectivity index (χ0v) is 11.2. The van der Waals surface area contributed by atoms with E-state index in [0.29, 0.717) is 16.6 Å². The molecule has 1 aliphatic heterocycles. The van der Waals surface area contributed by atoms with Gasteiger partial charge in [-0.25, -0.2) is 9.79 Å². The van der Waals surface area contributed by atoms with Gasteiger partial charge < -0.3 is 9.64 Å². The average molecular weight is 265 g/mol. The molecule has 4 nitrogen and oxygen atoms in total. The highest BCUT2D eigenvalue weighted by Crippen LogP contribution is 2.21. The molecule has 1 heterocycles. The minimum Gasteiger partial charge on any atom is -0.402 e. The Labute approximate surface area is 111 Å². The number of carbonyl (C=O) groups is 1. The fourth-order valence-corrected chi connectivity index (χ4v) is 1.59. The first-order valence-electron chi connectivity index (χ1n) is 5.44. The minimum atomic E-state index is -0.425. The first-order chi connectivity index (χ1) is 8.49. The van der Waals surface area contributed by atoms with Gasteiger partial charge in [-0.15, -0.1) is 0 Å².